The Labute approximate surface area is 228 Å². The molecule has 3 amide bonds. The van der Waals surface area contributed by atoms with Crippen LogP contribution in [0.2, 0.25) is 0 Å². The third-order valence-corrected chi connectivity index (χ3v) is 6.58. The predicted octanol–water partition coefficient (Wildman–Crippen LogP) is 3.84. The van der Waals surface area contributed by atoms with Gasteiger partial charge in [-0.25, -0.2) is 0 Å². The summed E-state index contributed by atoms with van der Waals surface area (Å²) in [5.41, 5.74) is 0.865. The van der Waals surface area contributed by atoms with Crippen LogP contribution in [0.15, 0.2) is 30.7 Å². The summed E-state index contributed by atoms with van der Waals surface area (Å²) < 4.78 is 42.8. The first-order valence-electron chi connectivity index (χ1n) is 13.2. The van der Waals surface area contributed by atoms with Gasteiger partial charge < -0.3 is 20.3 Å². The van der Waals surface area contributed by atoms with Gasteiger partial charge in [0, 0.05) is 59.2 Å². The van der Waals surface area contributed by atoms with Crippen molar-refractivity contribution in [2.75, 3.05) is 32.8 Å². The van der Waals surface area contributed by atoms with Gasteiger partial charge in [0.15, 0.2) is 0 Å². The zero-order valence-corrected chi connectivity index (χ0v) is 22.5. The van der Waals surface area contributed by atoms with E-state index < -0.39 is 30.6 Å². The number of amides is 3. The fourth-order valence-electron chi connectivity index (χ4n) is 4.86. The van der Waals surface area contributed by atoms with E-state index in [1.165, 1.54) is 6.20 Å². The molecule has 218 valence electrons. The van der Waals surface area contributed by atoms with Gasteiger partial charge in [-0.05, 0) is 49.1 Å². The molecule has 0 saturated carbocycles. The molecule has 0 unspecified atom stereocenters. The van der Waals surface area contributed by atoms with Crippen LogP contribution in [0.3, 0.4) is 0 Å². The molecular weight excluding hydrogens is 515 g/mol. The Balaban J connectivity index is 0.00000131. The zero-order chi connectivity index (χ0) is 28.6. The normalized spacial score (nSPS) is 20.2. The van der Waals surface area contributed by atoms with Gasteiger partial charge in [0.05, 0.1) is 17.6 Å². The number of rotatable bonds is 5. The Hall–Kier alpha value is -3.28. The number of fused-ring (bicyclic) bond motifs is 1. The largest absolute Gasteiger partial charge is 0.471 e. The summed E-state index contributed by atoms with van der Waals surface area (Å²) >= 11 is 0. The molecule has 0 aromatic carbocycles. The van der Waals surface area contributed by atoms with Crippen molar-refractivity contribution in [2.24, 2.45) is 17.8 Å². The molecule has 39 heavy (non-hydrogen) atoms. The second kappa shape index (κ2) is 13.7. The molecule has 2 N–H and O–H groups in total. The third-order valence-electron chi connectivity index (χ3n) is 6.58. The Kier molecular flexibility index (Phi) is 10.6. The number of aromatic nitrogens is 2. The summed E-state index contributed by atoms with van der Waals surface area (Å²) in [5.74, 6) is -2.10. The van der Waals surface area contributed by atoms with Crippen LogP contribution < -0.4 is 10.6 Å². The monoisotopic (exact) mass is 555 g/mol. The Morgan fingerprint density at radius 2 is 1.85 bits per heavy atom. The van der Waals surface area contributed by atoms with Gasteiger partial charge in [0.1, 0.15) is 0 Å². The van der Waals surface area contributed by atoms with Gasteiger partial charge in [0.25, 0.3) is 5.91 Å². The molecule has 2 fully saturated rings. The number of ether oxygens (including phenoxy) is 1. The second-order valence-electron chi connectivity index (χ2n) is 10.5. The summed E-state index contributed by atoms with van der Waals surface area (Å²) in [4.78, 5) is 47.0. The number of carbonyl (C=O) groups is 3. The van der Waals surface area contributed by atoms with Crippen LogP contribution in [0.1, 0.15) is 53.2 Å². The van der Waals surface area contributed by atoms with E-state index in [-0.39, 0.29) is 27.1 Å². The second-order valence-corrected chi connectivity index (χ2v) is 10.5. The van der Waals surface area contributed by atoms with Crippen LogP contribution in [0.25, 0.3) is 10.9 Å². The van der Waals surface area contributed by atoms with Gasteiger partial charge in [-0.2, -0.15) is 13.2 Å². The molecule has 2 aromatic heterocycles. The summed E-state index contributed by atoms with van der Waals surface area (Å²) in [7, 11) is 0. The molecule has 2 aliphatic rings. The lowest BCUT2D eigenvalue weighted by Crippen LogP contribution is -2.57. The number of nitrogens with one attached hydrogen (secondary N) is 2. The molecule has 2 aliphatic heterocycles. The van der Waals surface area contributed by atoms with E-state index in [2.05, 4.69) is 36.1 Å². The molecule has 12 heteroatoms. The van der Waals surface area contributed by atoms with Gasteiger partial charge in [-0.1, -0.05) is 20.8 Å². The lowest BCUT2D eigenvalue weighted by molar-refractivity contribution is -0.173. The number of hydrogen-bond acceptors (Lipinski definition) is 6. The first-order chi connectivity index (χ1) is 18.5. The Morgan fingerprint density at radius 3 is 2.51 bits per heavy atom. The van der Waals surface area contributed by atoms with E-state index in [4.69, 9.17) is 4.74 Å². The number of carbonyl (C=O) groups excluding carboxylic acids is 3. The lowest BCUT2D eigenvalue weighted by Gasteiger charge is -2.43. The number of pyridine rings is 2. The van der Waals surface area contributed by atoms with Crippen molar-refractivity contribution >= 4 is 28.6 Å². The summed E-state index contributed by atoms with van der Waals surface area (Å²) in [5, 5.41) is 5.08. The Bertz CT molecular complexity index is 1140. The molecule has 9 nitrogen and oxygen atoms in total. The van der Waals surface area contributed by atoms with E-state index in [0.29, 0.717) is 37.3 Å². The first kappa shape index (κ1) is 30.3. The van der Waals surface area contributed by atoms with Crippen LogP contribution in [0.4, 0.5) is 13.2 Å². The molecule has 0 aliphatic carbocycles. The lowest BCUT2D eigenvalue weighted by atomic mass is 9.77. The van der Waals surface area contributed by atoms with Crippen molar-refractivity contribution in [2.45, 2.75) is 52.3 Å². The van der Waals surface area contributed by atoms with E-state index in [0.717, 1.165) is 24.1 Å². The maximum atomic E-state index is 13.4. The number of nitrogens with zero attached hydrogens (tertiary/aromatic N) is 3. The molecule has 4 heterocycles. The highest BCUT2D eigenvalue weighted by molar-refractivity contribution is 6.05. The molecule has 0 radical (unpaired) electrons. The van der Waals surface area contributed by atoms with Gasteiger partial charge in [-0.3, -0.25) is 24.4 Å². The summed E-state index contributed by atoms with van der Waals surface area (Å²) in [6.07, 6.45) is 1.81. The molecule has 2 saturated heterocycles. The number of piperidine rings is 1. The number of likely N-dealkylation sites (tertiary alicyclic amines) is 1. The highest BCUT2D eigenvalue weighted by atomic mass is 19.4. The van der Waals surface area contributed by atoms with Crippen molar-refractivity contribution in [3.05, 3.63) is 36.3 Å². The number of halogens is 3. The van der Waals surface area contributed by atoms with Crippen LogP contribution in [0, 0.1) is 17.8 Å². The quantitative estimate of drug-likeness (QED) is 0.580. The van der Waals surface area contributed by atoms with Crippen molar-refractivity contribution in [1.82, 2.24) is 25.5 Å². The van der Waals surface area contributed by atoms with Crippen LogP contribution in [0.5, 0.6) is 0 Å². The topological polar surface area (TPSA) is 114 Å². The average molecular weight is 556 g/mol. The third kappa shape index (κ3) is 8.61. The average Bonchev–Trinajstić information content (AvgIpc) is 2.90. The maximum absolute atomic E-state index is 13.4. The fraction of sp³-hybridized carbons (Fsp3) is 0.593. The van der Waals surface area contributed by atoms with Crippen LogP contribution in [-0.4, -0.2) is 77.7 Å². The summed E-state index contributed by atoms with van der Waals surface area (Å²) in [6.45, 7) is 7.53. The molecular formula is C27H40F3N5O4. The molecule has 0 spiro atoms. The minimum atomic E-state index is -5.07. The van der Waals surface area contributed by atoms with E-state index >= 15 is 0 Å². The molecule has 4 rings (SSSR count). The van der Waals surface area contributed by atoms with E-state index in [1.807, 2.05) is 6.07 Å². The van der Waals surface area contributed by atoms with Crippen molar-refractivity contribution in [1.29, 1.82) is 0 Å². The Morgan fingerprint density at radius 1 is 1.15 bits per heavy atom. The standard InChI is InChI=1S/C23H26F3N5O4.C4H10.2H2/c24-23(25,26)22(34)29-12-19(32)30-18-13-31(7-3-16(18)14-4-8-35-9-5-14)21(33)17-11-27-10-15-2-1-6-28-20(15)17;1-4(2)3;;/h1-2,6,10-11,14,16,18H,3-5,7-9,12-13H2,(H,29,34)(H,30,32);4H,1-3H3;2*1H/t16-,18+;;;/m0.../s1. The highest BCUT2D eigenvalue weighted by Gasteiger charge is 2.40. The van der Waals surface area contributed by atoms with Crippen LogP contribution in [-0.2, 0) is 14.3 Å². The van der Waals surface area contributed by atoms with Crippen molar-refractivity contribution in [3.8, 4) is 0 Å². The highest BCUT2D eigenvalue weighted by Crippen LogP contribution is 2.33. The van der Waals surface area contributed by atoms with Crippen molar-refractivity contribution in [3.63, 3.8) is 0 Å². The van der Waals surface area contributed by atoms with Gasteiger partial charge in [0.2, 0.25) is 5.91 Å². The van der Waals surface area contributed by atoms with Crippen molar-refractivity contribution < 1.29 is 35.1 Å². The molecule has 2 atom stereocenters. The first-order valence-corrected chi connectivity index (χ1v) is 13.2. The van der Waals surface area contributed by atoms with E-state index in [9.17, 15) is 27.6 Å². The fourth-order valence-corrected chi connectivity index (χ4v) is 4.86. The maximum Gasteiger partial charge on any atom is 0.471 e. The van der Waals surface area contributed by atoms with Gasteiger partial charge >= 0.3 is 12.1 Å². The molecule has 2 aromatic rings. The number of hydrogen-bond donors (Lipinski definition) is 2. The smallest absolute Gasteiger partial charge is 0.381 e. The SMILES string of the molecule is CC(C)C.O=C(CNC(=O)C(F)(F)F)N[C@@H]1CN(C(=O)c2cncc3cccnc23)CC[C@H]1C1CCOCC1.[HH].[HH]. The zero-order valence-electron chi connectivity index (χ0n) is 22.5. The minimum absolute atomic E-state index is 0. The van der Waals surface area contributed by atoms with Gasteiger partial charge in [-0.15, -0.1) is 0 Å². The molecule has 0 bridgehead atoms. The summed E-state index contributed by atoms with van der Waals surface area (Å²) in [6, 6.07) is 3.07. The predicted molar refractivity (Wildman–Crippen MR) is 143 cm³/mol. The van der Waals surface area contributed by atoms with E-state index in [1.54, 1.807) is 28.7 Å². The number of alkyl halides is 3. The van der Waals surface area contributed by atoms with Crippen LogP contribution >= 0.6 is 0 Å². The minimum Gasteiger partial charge on any atom is -0.381 e.